The second-order valence-corrected chi connectivity index (χ2v) is 5.31. The summed E-state index contributed by atoms with van der Waals surface area (Å²) in [6.07, 6.45) is 0.658. The van der Waals surface area contributed by atoms with Gasteiger partial charge in [-0.25, -0.2) is 0 Å². The number of phenolic OH excluding ortho intramolecular Hbond substituents is 1. The number of carbonyl (C=O) groups excluding carboxylic acids is 1. The molecule has 2 aromatic rings. The highest BCUT2D eigenvalue weighted by Gasteiger charge is 2.40. The van der Waals surface area contributed by atoms with Crippen LogP contribution in [-0.4, -0.2) is 29.5 Å². The molecular weight excluding hydrogens is 314 g/mol. The molecule has 7 nitrogen and oxygen atoms in total. The van der Waals surface area contributed by atoms with Crippen LogP contribution in [0.1, 0.15) is 29.3 Å². The van der Waals surface area contributed by atoms with Crippen LogP contribution in [0, 0.1) is 10.1 Å². The molecule has 0 amide bonds. The first-order chi connectivity index (χ1) is 11.5. The first-order valence-corrected chi connectivity index (χ1v) is 7.40. The number of rotatable bonds is 5. The van der Waals surface area contributed by atoms with Gasteiger partial charge in [0.15, 0.2) is 0 Å². The van der Waals surface area contributed by atoms with Gasteiger partial charge in [0.25, 0.3) is 0 Å². The summed E-state index contributed by atoms with van der Waals surface area (Å²) in [5.74, 6) is -0.425. The maximum absolute atomic E-state index is 12.7. The largest absolute Gasteiger partial charge is 0.507 e. The van der Waals surface area contributed by atoms with Crippen LogP contribution in [0.25, 0.3) is 11.1 Å². The van der Waals surface area contributed by atoms with E-state index in [4.69, 9.17) is 9.47 Å². The minimum Gasteiger partial charge on any atom is -0.507 e. The summed E-state index contributed by atoms with van der Waals surface area (Å²) < 4.78 is 10.8. The molecule has 1 aliphatic rings. The Hall–Kier alpha value is -3.09. The number of phenols is 1. The van der Waals surface area contributed by atoms with Crippen LogP contribution in [-0.2, 0) is 0 Å². The number of nitro benzene ring substituents is 1. The van der Waals surface area contributed by atoms with Gasteiger partial charge in [-0.2, -0.15) is 0 Å². The molecule has 0 saturated heterocycles. The smallest absolute Gasteiger partial charge is 0.322 e. The molecule has 0 atom stereocenters. The highest BCUT2D eigenvalue weighted by molar-refractivity contribution is 6.26. The van der Waals surface area contributed by atoms with Crippen molar-refractivity contribution < 1.29 is 24.3 Å². The summed E-state index contributed by atoms with van der Waals surface area (Å²) >= 11 is 0. The minimum absolute atomic E-state index is 0.0157. The van der Waals surface area contributed by atoms with Crippen molar-refractivity contribution in [3.8, 4) is 28.4 Å². The molecule has 24 heavy (non-hydrogen) atoms. The van der Waals surface area contributed by atoms with Crippen LogP contribution in [0.5, 0.6) is 17.2 Å². The average molecular weight is 329 g/mol. The molecule has 1 aliphatic carbocycles. The molecule has 0 saturated carbocycles. The molecule has 0 radical (unpaired) electrons. The predicted molar refractivity (Wildman–Crippen MR) is 86.0 cm³/mol. The van der Waals surface area contributed by atoms with Crippen LogP contribution in [0.3, 0.4) is 0 Å². The molecule has 0 aromatic heterocycles. The van der Waals surface area contributed by atoms with E-state index in [0.29, 0.717) is 6.42 Å². The Bertz CT molecular complexity index is 859. The zero-order valence-corrected chi connectivity index (χ0v) is 13.2. The number of ether oxygens (including phenoxy) is 2. The van der Waals surface area contributed by atoms with Gasteiger partial charge in [0.2, 0.25) is 11.5 Å². The third kappa shape index (κ3) is 2.17. The molecule has 0 aliphatic heterocycles. The molecule has 0 bridgehead atoms. The number of fused-ring (bicyclic) bond motifs is 3. The summed E-state index contributed by atoms with van der Waals surface area (Å²) in [7, 11) is 1.40. The van der Waals surface area contributed by atoms with Crippen LogP contribution >= 0.6 is 0 Å². The van der Waals surface area contributed by atoms with E-state index in [1.165, 1.54) is 31.4 Å². The van der Waals surface area contributed by atoms with E-state index in [0.717, 1.165) is 0 Å². The molecule has 3 rings (SSSR count). The number of nitrogens with zero attached hydrogens (tertiary/aromatic N) is 1. The summed E-state index contributed by atoms with van der Waals surface area (Å²) in [5, 5.41) is 21.7. The normalized spacial score (nSPS) is 11.8. The van der Waals surface area contributed by atoms with Gasteiger partial charge in [0.1, 0.15) is 17.1 Å². The van der Waals surface area contributed by atoms with Crippen LogP contribution < -0.4 is 9.47 Å². The highest BCUT2D eigenvalue weighted by Crippen LogP contribution is 2.52. The second kappa shape index (κ2) is 5.84. The highest BCUT2D eigenvalue weighted by atomic mass is 16.6. The first kappa shape index (κ1) is 15.8. The third-order valence-electron chi connectivity index (χ3n) is 3.86. The van der Waals surface area contributed by atoms with Gasteiger partial charge in [-0.3, -0.25) is 14.9 Å². The molecular formula is C17H15NO6. The van der Waals surface area contributed by atoms with E-state index in [2.05, 4.69) is 0 Å². The SMILES string of the molecule is CCCOc1cc(OC)c2c(c1[N+](=O)[O-])C(=O)c1cccc(O)c1-2. The predicted octanol–water partition coefficient (Wildman–Crippen LogP) is 3.31. The number of methoxy groups -OCH3 is 1. The summed E-state index contributed by atoms with van der Waals surface area (Å²) in [6, 6.07) is 5.85. The number of carbonyl (C=O) groups is 1. The van der Waals surface area contributed by atoms with E-state index in [1.54, 1.807) is 0 Å². The number of aromatic hydroxyl groups is 1. The zero-order chi connectivity index (χ0) is 17.4. The molecule has 0 fully saturated rings. The van der Waals surface area contributed by atoms with E-state index in [-0.39, 0.29) is 46.1 Å². The van der Waals surface area contributed by atoms with Gasteiger partial charge in [0.05, 0.1) is 18.6 Å². The van der Waals surface area contributed by atoms with Crippen molar-refractivity contribution in [1.82, 2.24) is 0 Å². The maximum atomic E-state index is 12.7. The Balaban J connectivity index is 2.38. The summed E-state index contributed by atoms with van der Waals surface area (Å²) in [6.45, 7) is 2.14. The first-order valence-electron chi connectivity index (χ1n) is 7.40. The fraction of sp³-hybridized carbons (Fsp3) is 0.235. The van der Waals surface area contributed by atoms with Crippen molar-refractivity contribution in [2.75, 3.05) is 13.7 Å². The lowest BCUT2D eigenvalue weighted by Crippen LogP contribution is -2.06. The Morgan fingerprint density at radius 3 is 2.58 bits per heavy atom. The monoisotopic (exact) mass is 329 g/mol. The van der Waals surface area contributed by atoms with E-state index < -0.39 is 16.4 Å². The average Bonchev–Trinajstić information content (AvgIpc) is 2.86. The molecule has 124 valence electrons. The number of hydrogen-bond acceptors (Lipinski definition) is 6. The molecule has 0 unspecified atom stereocenters. The van der Waals surface area contributed by atoms with Gasteiger partial charge < -0.3 is 14.6 Å². The van der Waals surface area contributed by atoms with Gasteiger partial charge in [-0.05, 0) is 12.5 Å². The van der Waals surface area contributed by atoms with Crippen LogP contribution in [0.2, 0.25) is 0 Å². The van der Waals surface area contributed by atoms with Crippen LogP contribution in [0.4, 0.5) is 5.69 Å². The Morgan fingerprint density at radius 2 is 1.96 bits per heavy atom. The van der Waals surface area contributed by atoms with Gasteiger partial charge in [0, 0.05) is 22.8 Å². The quantitative estimate of drug-likeness (QED) is 0.569. The van der Waals surface area contributed by atoms with Crippen molar-refractivity contribution in [3.05, 3.63) is 45.5 Å². The lowest BCUT2D eigenvalue weighted by Gasteiger charge is -2.13. The Morgan fingerprint density at radius 1 is 1.21 bits per heavy atom. The van der Waals surface area contributed by atoms with E-state index >= 15 is 0 Å². The molecule has 0 spiro atoms. The number of hydrogen-bond donors (Lipinski definition) is 1. The maximum Gasteiger partial charge on any atom is 0.322 e. The standard InChI is InChI=1S/C17H15NO6/c1-3-7-24-12-8-11(23-2)14-13-9(5-4-6-10(13)19)17(20)15(14)16(12)18(21)22/h4-6,8,19H,3,7H2,1-2H3. The minimum atomic E-state index is -0.635. The van der Waals surface area contributed by atoms with E-state index in [9.17, 15) is 20.0 Å². The Labute approximate surface area is 137 Å². The summed E-state index contributed by atoms with van der Waals surface area (Å²) in [5.41, 5.74) is 0.173. The lowest BCUT2D eigenvalue weighted by atomic mass is 10.0. The Kier molecular flexibility index (Phi) is 3.84. The topological polar surface area (TPSA) is 98.9 Å². The van der Waals surface area contributed by atoms with Crippen molar-refractivity contribution in [1.29, 1.82) is 0 Å². The van der Waals surface area contributed by atoms with Crippen molar-refractivity contribution in [3.63, 3.8) is 0 Å². The fourth-order valence-corrected chi connectivity index (χ4v) is 2.88. The van der Waals surface area contributed by atoms with E-state index in [1.807, 2.05) is 6.92 Å². The van der Waals surface area contributed by atoms with Gasteiger partial charge in [-0.15, -0.1) is 0 Å². The molecule has 7 heteroatoms. The number of nitro groups is 1. The number of benzene rings is 2. The van der Waals surface area contributed by atoms with Gasteiger partial charge >= 0.3 is 5.69 Å². The second-order valence-electron chi connectivity index (χ2n) is 5.31. The van der Waals surface area contributed by atoms with Crippen molar-refractivity contribution >= 4 is 11.5 Å². The van der Waals surface area contributed by atoms with Crippen molar-refractivity contribution in [2.24, 2.45) is 0 Å². The molecule has 0 heterocycles. The molecule has 2 aromatic carbocycles. The van der Waals surface area contributed by atoms with Gasteiger partial charge in [-0.1, -0.05) is 19.1 Å². The molecule has 1 N–H and O–H groups in total. The fourth-order valence-electron chi connectivity index (χ4n) is 2.88. The van der Waals surface area contributed by atoms with Crippen molar-refractivity contribution in [2.45, 2.75) is 13.3 Å². The third-order valence-corrected chi connectivity index (χ3v) is 3.86. The zero-order valence-electron chi connectivity index (χ0n) is 13.2. The lowest BCUT2D eigenvalue weighted by molar-refractivity contribution is -0.386. The van der Waals surface area contributed by atoms with Crippen LogP contribution in [0.15, 0.2) is 24.3 Å². The number of ketones is 1. The summed E-state index contributed by atoms with van der Waals surface area (Å²) in [4.78, 5) is 23.7.